The third kappa shape index (κ3) is 6.58. The molecule has 0 saturated heterocycles. The number of ether oxygens (including phenoxy) is 1. The van der Waals surface area contributed by atoms with Crippen molar-refractivity contribution in [3.05, 3.63) is 90.0 Å². The van der Waals surface area contributed by atoms with Crippen LogP contribution in [-0.2, 0) is 27.8 Å². The first-order valence-electron chi connectivity index (χ1n) is 9.98. The normalized spacial score (nSPS) is 11.0. The molecule has 0 heterocycles. The highest BCUT2D eigenvalue weighted by atomic mass is 32.2. The van der Waals surface area contributed by atoms with Gasteiger partial charge in [-0.3, -0.25) is 9.10 Å². The molecular formula is C24H26N2O4S. The topological polar surface area (TPSA) is 75.7 Å². The SMILES string of the molecule is CCc1ccc(N(CC(=O)Nc2ccc(OCc3ccccc3)cc2)S(C)(=O)=O)cc1. The Hall–Kier alpha value is -3.32. The maximum absolute atomic E-state index is 12.5. The molecule has 0 saturated carbocycles. The summed E-state index contributed by atoms with van der Waals surface area (Å²) in [6.07, 6.45) is 1.94. The number of carbonyl (C=O) groups is 1. The summed E-state index contributed by atoms with van der Waals surface area (Å²) < 4.78 is 31.3. The van der Waals surface area contributed by atoms with E-state index < -0.39 is 15.9 Å². The molecule has 3 aromatic rings. The summed E-state index contributed by atoms with van der Waals surface area (Å²) in [7, 11) is -3.61. The molecule has 0 radical (unpaired) electrons. The van der Waals surface area contributed by atoms with Gasteiger partial charge in [-0.25, -0.2) is 8.42 Å². The molecule has 0 aliphatic rings. The van der Waals surface area contributed by atoms with Crippen molar-refractivity contribution in [1.29, 1.82) is 0 Å². The number of benzene rings is 3. The molecule has 7 heteroatoms. The number of sulfonamides is 1. The smallest absolute Gasteiger partial charge is 0.245 e. The molecule has 0 aromatic heterocycles. The number of nitrogens with one attached hydrogen (secondary N) is 1. The minimum Gasteiger partial charge on any atom is -0.489 e. The van der Waals surface area contributed by atoms with Crippen molar-refractivity contribution in [2.75, 3.05) is 22.4 Å². The molecule has 31 heavy (non-hydrogen) atoms. The van der Waals surface area contributed by atoms with Crippen molar-refractivity contribution in [3.8, 4) is 5.75 Å². The van der Waals surface area contributed by atoms with E-state index in [1.807, 2.05) is 49.4 Å². The van der Waals surface area contributed by atoms with E-state index in [2.05, 4.69) is 5.32 Å². The molecule has 0 spiro atoms. The van der Waals surface area contributed by atoms with E-state index in [0.29, 0.717) is 23.7 Å². The Morgan fingerprint density at radius 3 is 2.13 bits per heavy atom. The van der Waals surface area contributed by atoms with E-state index in [0.717, 1.165) is 28.1 Å². The number of rotatable bonds is 9. The zero-order valence-electron chi connectivity index (χ0n) is 17.6. The van der Waals surface area contributed by atoms with Crippen LogP contribution in [0.5, 0.6) is 5.75 Å². The maximum atomic E-state index is 12.5. The molecular weight excluding hydrogens is 412 g/mol. The van der Waals surface area contributed by atoms with Gasteiger partial charge in [0, 0.05) is 5.69 Å². The molecule has 162 valence electrons. The van der Waals surface area contributed by atoms with Crippen LogP contribution in [0.2, 0.25) is 0 Å². The number of amides is 1. The summed E-state index contributed by atoms with van der Waals surface area (Å²) in [6, 6.07) is 23.9. The minimum absolute atomic E-state index is 0.309. The number of carbonyl (C=O) groups excluding carboxylic acids is 1. The molecule has 1 N–H and O–H groups in total. The molecule has 0 bridgehead atoms. The standard InChI is InChI=1S/C24H26N2O4S/c1-3-19-9-13-22(14-10-19)26(31(2,28)29)17-24(27)25-21-11-15-23(16-12-21)30-18-20-7-5-4-6-8-20/h4-16H,3,17-18H2,1-2H3,(H,25,27). The Balaban J connectivity index is 1.61. The van der Waals surface area contributed by atoms with Crippen molar-refractivity contribution >= 4 is 27.3 Å². The van der Waals surface area contributed by atoms with Crippen LogP contribution >= 0.6 is 0 Å². The zero-order valence-corrected chi connectivity index (χ0v) is 18.4. The minimum atomic E-state index is -3.61. The van der Waals surface area contributed by atoms with Gasteiger partial charge in [0.25, 0.3) is 0 Å². The highest BCUT2D eigenvalue weighted by molar-refractivity contribution is 7.92. The monoisotopic (exact) mass is 438 g/mol. The van der Waals surface area contributed by atoms with Crippen LogP contribution in [0.25, 0.3) is 0 Å². The maximum Gasteiger partial charge on any atom is 0.245 e. The van der Waals surface area contributed by atoms with Gasteiger partial charge < -0.3 is 10.1 Å². The summed E-state index contributed by atoms with van der Waals surface area (Å²) in [5.74, 6) is 0.249. The van der Waals surface area contributed by atoms with Crippen molar-refractivity contribution in [2.45, 2.75) is 20.0 Å². The molecule has 0 unspecified atom stereocenters. The Morgan fingerprint density at radius 2 is 1.55 bits per heavy atom. The largest absolute Gasteiger partial charge is 0.489 e. The summed E-state index contributed by atoms with van der Waals surface area (Å²) in [5, 5.41) is 2.74. The van der Waals surface area contributed by atoms with E-state index >= 15 is 0 Å². The summed E-state index contributed by atoms with van der Waals surface area (Å²) in [5.41, 5.74) is 3.18. The van der Waals surface area contributed by atoms with Gasteiger partial charge in [-0.1, -0.05) is 49.4 Å². The summed E-state index contributed by atoms with van der Waals surface area (Å²) in [4.78, 5) is 12.5. The third-order valence-electron chi connectivity index (χ3n) is 4.71. The Labute approximate surface area is 183 Å². The van der Waals surface area contributed by atoms with Crippen molar-refractivity contribution in [3.63, 3.8) is 0 Å². The van der Waals surface area contributed by atoms with Gasteiger partial charge in [-0.05, 0) is 53.9 Å². The number of hydrogen-bond acceptors (Lipinski definition) is 4. The van der Waals surface area contributed by atoms with Crippen LogP contribution in [0.4, 0.5) is 11.4 Å². The molecule has 0 aliphatic heterocycles. The lowest BCUT2D eigenvalue weighted by Crippen LogP contribution is -2.37. The molecule has 6 nitrogen and oxygen atoms in total. The average Bonchev–Trinajstić information content (AvgIpc) is 2.77. The van der Waals surface area contributed by atoms with E-state index in [1.165, 1.54) is 0 Å². The Morgan fingerprint density at radius 1 is 0.903 bits per heavy atom. The lowest BCUT2D eigenvalue weighted by atomic mass is 10.1. The number of hydrogen-bond donors (Lipinski definition) is 1. The van der Waals surface area contributed by atoms with Crippen LogP contribution in [-0.4, -0.2) is 27.1 Å². The van der Waals surface area contributed by atoms with Crippen molar-refractivity contribution < 1.29 is 17.9 Å². The quantitative estimate of drug-likeness (QED) is 0.542. The van der Waals surface area contributed by atoms with Crippen molar-refractivity contribution in [1.82, 2.24) is 0 Å². The predicted molar refractivity (Wildman–Crippen MR) is 124 cm³/mol. The summed E-state index contributed by atoms with van der Waals surface area (Å²) >= 11 is 0. The van der Waals surface area contributed by atoms with Crippen LogP contribution in [0.3, 0.4) is 0 Å². The first-order valence-corrected chi connectivity index (χ1v) is 11.8. The van der Waals surface area contributed by atoms with Gasteiger partial charge in [0.15, 0.2) is 0 Å². The van der Waals surface area contributed by atoms with Gasteiger partial charge in [0.2, 0.25) is 15.9 Å². The van der Waals surface area contributed by atoms with E-state index in [1.54, 1.807) is 36.4 Å². The molecule has 0 fully saturated rings. The van der Waals surface area contributed by atoms with Crippen LogP contribution < -0.4 is 14.4 Å². The third-order valence-corrected chi connectivity index (χ3v) is 5.85. The number of nitrogens with zero attached hydrogens (tertiary/aromatic N) is 1. The molecule has 3 aromatic carbocycles. The molecule has 0 aliphatic carbocycles. The second-order valence-corrected chi connectivity index (χ2v) is 9.04. The molecule has 1 amide bonds. The molecule has 3 rings (SSSR count). The summed E-state index contributed by atoms with van der Waals surface area (Å²) in [6.45, 7) is 2.16. The van der Waals surface area contributed by atoms with E-state index in [9.17, 15) is 13.2 Å². The first kappa shape index (κ1) is 22.4. The average molecular weight is 439 g/mol. The van der Waals surface area contributed by atoms with Gasteiger partial charge in [0.05, 0.1) is 11.9 Å². The number of aryl methyl sites for hydroxylation is 1. The fourth-order valence-electron chi connectivity index (χ4n) is 3.00. The second-order valence-electron chi connectivity index (χ2n) is 7.14. The van der Waals surface area contributed by atoms with Gasteiger partial charge in [-0.15, -0.1) is 0 Å². The Bertz CT molecular complexity index is 1100. The lowest BCUT2D eigenvalue weighted by Gasteiger charge is -2.22. The zero-order chi connectivity index (χ0) is 22.3. The highest BCUT2D eigenvalue weighted by Gasteiger charge is 2.21. The van der Waals surface area contributed by atoms with Crippen LogP contribution in [0.15, 0.2) is 78.9 Å². The first-order chi connectivity index (χ1) is 14.8. The van der Waals surface area contributed by atoms with Crippen LogP contribution in [0.1, 0.15) is 18.1 Å². The second kappa shape index (κ2) is 10.1. The van der Waals surface area contributed by atoms with Crippen LogP contribution in [0, 0.1) is 0 Å². The molecule has 0 atom stereocenters. The lowest BCUT2D eigenvalue weighted by molar-refractivity contribution is -0.114. The van der Waals surface area contributed by atoms with Gasteiger partial charge in [-0.2, -0.15) is 0 Å². The van der Waals surface area contributed by atoms with E-state index in [-0.39, 0.29) is 6.54 Å². The predicted octanol–water partition coefficient (Wildman–Crippen LogP) is 4.23. The number of anilines is 2. The van der Waals surface area contributed by atoms with Gasteiger partial charge >= 0.3 is 0 Å². The Kier molecular flexibility index (Phi) is 7.31. The van der Waals surface area contributed by atoms with Crippen molar-refractivity contribution in [2.24, 2.45) is 0 Å². The fraction of sp³-hybridized carbons (Fsp3) is 0.208. The fourth-order valence-corrected chi connectivity index (χ4v) is 3.86. The van der Waals surface area contributed by atoms with Gasteiger partial charge in [0.1, 0.15) is 18.9 Å². The van der Waals surface area contributed by atoms with E-state index in [4.69, 9.17) is 4.74 Å². The highest BCUT2D eigenvalue weighted by Crippen LogP contribution is 2.20.